The van der Waals surface area contributed by atoms with Crippen molar-refractivity contribution >= 4 is 21.7 Å². The van der Waals surface area contributed by atoms with Gasteiger partial charge >= 0.3 is 0 Å². The first-order chi connectivity index (χ1) is 8.63. The topological polar surface area (TPSA) is 73.9 Å². The van der Waals surface area contributed by atoms with Gasteiger partial charge in [-0.1, -0.05) is 0 Å². The molecular weight excluding hydrogens is 296 g/mol. The Morgan fingerprint density at radius 2 is 2.17 bits per heavy atom. The van der Waals surface area contributed by atoms with Crippen molar-refractivity contribution < 1.29 is 4.74 Å². The molecule has 2 aromatic rings. The van der Waals surface area contributed by atoms with E-state index in [-0.39, 0.29) is 0 Å². The number of rotatable bonds is 3. The summed E-state index contributed by atoms with van der Waals surface area (Å²) in [5.74, 6) is 0.992. The van der Waals surface area contributed by atoms with Crippen LogP contribution in [0.4, 0.5) is 5.82 Å². The second kappa shape index (κ2) is 5.41. The van der Waals surface area contributed by atoms with Crippen LogP contribution in [0, 0.1) is 6.92 Å². The molecule has 94 valence electrons. The van der Waals surface area contributed by atoms with Gasteiger partial charge < -0.3 is 10.5 Å². The number of aromatic nitrogens is 3. The lowest BCUT2D eigenvalue weighted by Crippen LogP contribution is -2.04. The summed E-state index contributed by atoms with van der Waals surface area (Å²) in [5.41, 5.74) is 8.52. The van der Waals surface area contributed by atoms with Crippen LogP contribution < -0.4 is 5.73 Å². The van der Waals surface area contributed by atoms with Gasteiger partial charge in [-0.15, -0.1) is 0 Å². The van der Waals surface area contributed by atoms with Gasteiger partial charge in [0.25, 0.3) is 0 Å². The Hall–Kier alpha value is -1.53. The molecule has 0 unspecified atom stereocenters. The molecule has 0 atom stereocenters. The van der Waals surface area contributed by atoms with E-state index in [1.165, 1.54) is 0 Å². The van der Waals surface area contributed by atoms with Crippen molar-refractivity contribution in [2.75, 3.05) is 12.8 Å². The summed E-state index contributed by atoms with van der Waals surface area (Å²) < 4.78 is 5.78. The van der Waals surface area contributed by atoms with Crippen LogP contribution in [0.1, 0.15) is 11.3 Å². The average Bonchev–Trinajstić information content (AvgIpc) is 2.35. The molecule has 0 saturated carbocycles. The molecule has 0 fully saturated rings. The lowest BCUT2D eigenvalue weighted by atomic mass is 10.1. The van der Waals surface area contributed by atoms with E-state index in [1.54, 1.807) is 19.5 Å². The molecule has 0 amide bonds. The third kappa shape index (κ3) is 2.49. The molecule has 0 saturated heterocycles. The third-order valence-electron chi connectivity index (χ3n) is 2.49. The number of halogens is 1. The highest BCUT2D eigenvalue weighted by Crippen LogP contribution is 2.26. The van der Waals surface area contributed by atoms with Gasteiger partial charge in [-0.3, -0.25) is 4.98 Å². The number of anilines is 1. The molecule has 2 N–H and O–H groups in total. The molecule has 6 heteroatoms. The zero-order valence-corrected chi connectivity index (χ0v) is 11.7. The van der Waals surface area contributed by atoms with Gasteiger partial charge in [0.05, 0.1) is 16.8 Å². The average molecular weight is 309 g/mol. The monoisotopic (exact) mass is 308 g/mol. The van der Waals surface area contributed by atoms with E-state index < -0.39 is 0 Å². The number of hydrogen-bond acceptors (Lipinski definition) is 5. The molecule has 0 spiro atoms. The molecule has 0 aliphatic carbocycles. The van der Waals surface area contributed by atoms with E-state index >= 15 is 0 Å². The summed E-state index contributed by atoms with van der Waals surface area (Å²) in [5, 5.41) is 0. The van der Waals surface area contributed by atoms with Crippen molar-refractivity contribution in [1.29, 1.82) is 0 Å². The highest BCUT2D eigenvalue weighted by molar-refractivity contribution is 9.10. The molecule has 0 bridgehead atoms. The van der Waals surface area contributed by atoms with Gasteiger partial charge in [0.15, 0.2) is 5.82 Å². The fourth-order valence-corrected chi connectivity index (χ4v) is 1.88. The number of aryl methyl sites for hydroxylation is 1. The van der Waals surface area contributed by atoms with Crippen LogP contribution in [0.2, 0.25) is 0 Å². The maximum absolute atomic E-state index is 5.87. The third-order valence-corrected chi connectivity index (χ3v) is 3.35. The molecular formula is C12H13BrN4O. The fraction of sp³-hybridized carbons (Fsp3) is 0.250. The minimum absolute atomic E-state index is 0.379. The smallest absolute Gasteiger partial charge is 0.162 e. The van der Waals surface area contributed by atoms with Crippen molar-refractivity contribution in [3.63, 3.8) is 0 Å². The predicted molar refractivity (Wildman–Crippen MR) is 72.8 cm³/mol. The van der Waals surface area contributed by atoms with Crippen molar-refractivity contribution in [3.05, 3.63) is 34.2 Å². The summed E-state index contributed by atoms with van der Waals surface area (Å²) in [7, 11) is 1.61. The van der Waals surface area contributed by atoms with Crippen LogP contribution in [0.25, 0.3) is 11.4 Å². The minimum atomic E-state index is 0.379. The zero-order valence-electron chi connectivity index (χ0n) is 10.1. The molecule has 2 aromatic heterocycles. The second-order valence-corrected chi connectivity index (χ2v) is 4.61. The van der Waals surface area contributed by atoms with Gasteiger partial charge in [-0.05, 0) is 34.5 Å². The lowest BCUT2D eigenvalue weighted by molar-refractivity contribution is 0.181. The van der Waals surface area contributed by atoms with E-state index in [1.807, 2.05) is 13.0 Å². The maximum Gasteiger partial charge on any atom is 0.162 e. The summed E-state index contributed by atoms with van der Waals surface area (Å²) in [4.78, 5) is 12.8. The fourth-order valence-electron chi connectivity index (χ4n) is 1.59. The van der Waals surface area contributed by atoms with Crippen molar-refractivity contribution in [2.45, 2.75) is 13.5 Å². The number of nitrogens with zero attached hydrogens (tertiary/aromatic N) is 3. The summed E-state index contributed by atoms with van der Waals surface area (Å²) in [6.45, 7) is 2.34. The Morgan fingerprint density at radius 1 is 1.39 bits per heavy atom. The number of hydrogen-bond donors (Lipinski definition) is 1. The standard InChI is InChI=1S/C12H13BrN4O/c1-7-5-15-4-3-8(7)12-16-9(6-18-2)10(13)11(14)17-12/h3-5H,6H2,1-2H3,(H2,14,16,17). The number of nitrogens with two attached hydrogens (primary N) is 1. The van der Waals surface area contributed by atoms with Crippen molar-refractivity contribution in [2.24, 2.45) is 0 Å². The normalized spacial score (nSPS) is 10.6. The molecule has 5 nitrogen and oxygen atoms in total. The lowest BCUT2D eigenvalue weighted by Gasteiger charge is -2.09. The summed E-state index contributed by atoms with van der Waals surface area (Å²) >= 11 is 3.36. The quantitative estimate of drug-likeness (QED) is 0.942. The number of nitrogen functional groups attached to an aromatic ring is 1. The molecule has 0 aliphatic rings. The number of ether oxygens (including phenoxy) is 1. The van der Waals surface area contributed by atoms with Gasteiger partial charge in [0.1, 0.15) is 5.82 Å². The Balaban J connectivity index is 2.56. The Kier molecular flexibility index (Phi) is 3.88. The largest absolute Gasteiger partial charge is 0.383 e. The van der Waals surface area contributed by atoms with E-state index in [0.717, 1.165) is 16.8 Å². The summed E-state index contributed by atoms with van der Waals surface area (Å²) in [6.07, 6.45) is 3.48. The van der Waals surface area contributed by atoms with Gasteiger partial charge in [-0.25, -0.2) is 9.97 Å². The van der Waals surface area contributed by atoms with E-state index in [4.69, 9.17) is 10.5 Å². The van der Waals surface area contributed by atoms with E-state index in [2.05, 4.69) is 30.9 Å². The highest BCUT2D eigenvalue weighted by atomic mass is 79.9. The van der Waals surface area contributed by atoms with Crippen LogP contribution in [0.3, 0.4) is 0 Å². The first-order valence-electron chi connectivity index (χ1n) is 5.35. The molecule has 2 heterocycles. The zero-order chi connectivity index (χ0) is 13.1. The Morgan fingerprint density at radius 3 is 2.83 bits per heavy atom. The summed E-state index contributed by atoms with van der Waals surface area (Å²) in [6, 6.07) is 1.87. The van der Waals surface area contributed by atoms with E-state index in [0.29, 0.717) is 22.7 Å². The molecule has 18 heavy (non-hydrogen) atoms. The van der Waals surface area contributed by atoms with Gasteiger partial charge in [0, 0.05) is 25.1 Å². The van der Waals surface area contributed by atoms with Gasteiger partial charge in [0.2, 0.25) is 0 Å². The molecule has 2 rings (SSSR count). The molecule has 0 aromatic carbocycles. The van der Waals surface area contributed by atoms with Crippen LogP contribution in [-0.2, 0) is 11.3 Å². The van der Waals surface area contributed by atoms with Crippen molar-refractivity contribution in [3.8, 4) is 11.4 Å². The number of pyridine rings is 1. The SMILES string of the molecule is COCc1nc(-c2ccncc2C)nc(N)c1Br. The molecule has 0 radical (unpaired) electrons. The Labute approximate surface area is 114 Å². The van der Waals surface area contributed by atoms with Crippen molar-refractivity contribution in [1.82, 2.24) is 15.0 Å². The van der Waals surface area contributed by atoms with Crippen LogP contribution in [-0.4, -0.2) is 22.1 Å². The van der Waals surface area contributed by atoms with Crippen LogP contribution in [0.5, 0.6) is 0 Å². The minimum Gasteiger partial charge on any atom is -0.383 e. The first-order valence-corrected chi connectivity index (χ1v) is 6.14. The highest BCUT2D eigenvalue weighted by Gasteiger charge is 2.12. The van der Waals surface area contributed by atoms with Crippen LogP contribution >= 0.6 is 15.9 Å². The second-order valence-electron chi connectivity index (χ2n) is 3.82. The Bertz CT molecular complexity index is 574. The number of methoxy groups -OCH3 is 1. The predicted octanol–water partition coefficient (Wildman–Crippen LogP) is 2.34. The van der Waals surface area contributed by atoms with Crippen LogP contribution in [0.15, 0.2) is 22.9 Å². The van der Waals surface area contributed by atoms with Gasteiger partial charge in [-0.2, -0.15) is 0 Å². The first kappa shape index (κ1) is 12.9. The molecule has 0 aliphatic heterocycles. The maximum atomic E-state index is 5.87. The van der Waals surface area contributed by atoms with E-state index in [9.17, 15) is 0 Å².